The van der Waals surface area contributed by atoms with Gasteiger partial charge in [0.25, 0.3) is 11.5 Å². The number of hydrogen-bond donors (Lipinski definition) is 2. The van der Waals surface area contributed by atoms with E-state index in [1.807, 2.05) is 38.3 Å². The van der Waals surface area contributed by atoms with Gasteiger partial charge in [0.2, 0.25) is 0 Å². The molecule has 2 N–H and O–H groups in total. The number of ether oxygens (including phenoxy) is 1. The first-order valence-corrected chi connectivity index (χ1v) is 12.2. The molecule has 4 aromatic rings. The van der Waals surface area contributed by atoms with Gasteiger partial charge in [-0.2, -0.15) is 0 Å². The van der Waals surface area contributed by atoms with Crippen LogP contribution in [-0.4, -0.2) is 28.3 Å². The number of carbonyl (C=O) groups excluding carboxylic acids is 1. The highest BCUT2D eigenvalue weighted by Gasteiger charge is 2.19. The zero-order valence-electron chi connectivity index (χ0n) is 19.5. The van der Waals surface area contributed by atoms with Crippen molar-refractivity contribution in [2.24, 2.45) is 7.05 Å². The average Bonchev–Trinajstić information content (AvgIpc) is 3.29. The lowest BCUT2D eigenvalue weighted by atomic mass is 10.0. The van der Waals surface area contributed by atoms with Crippen LogP contribution in [0.15, 0.2) is 58.4 Å². The van der Waals surface area contributed by atoms with Gasteiger partial charge in [-0.1, -0.05) is 13.0 Å². The second kappa shape index (κ2) is 9.77. The SMILES string of the molecule is CCNC(=O)c1cc2c(-c3cc(SC)ccc3Oc3ccc(CC)cc3F)cn(C)c(=O)c2[nH]1. The minimum Gasteiger partial charge on any atom is -0.454 e. The van der Waals surface area contributed by atoms with Gasteiger partial charge in [-0.15, -0.1) is 11.8 Å². The maximum absolute atomic E-state index is 14.7. The largest absolute Gasteiger partial charge is 0.454 e. The Bertz CT molecular complexity index is 1440. The van der Waals surface area contributed by atoms with Gasteiger partial charge in [-0.25, -0.2) is 4.39 Å². The number of pyridine rings is 1. The number of rotatable bonds is 7. The smallest absolute Gasteiger partial charge is 0.274 e. The standard InChI is InChI=1S/C26H26FN3O3S/c1-5-15-7-9-23(20(27)11-15)33-22-10-8-16(34-4)12-17(22)19-14-30(3)26(32)24-18(19)13-21(29-24)25(31)28-6-2/h7-14,29H,5-6H2,1-4H3,(H,28,31). The van der Waals surface area contributed by atoms with Crippen molar-refractivity contribution in [1.29, 1.82) is 0 Å². The highest BCUT2D eigenvalue weighted by Crippen LogP contribution is 2.39. The fourth-order valence-electron chi connectivity index (χ4n) is 3.83. The number of halogens is 1. The Hall–Kier alpha value is -3.52. The molecule has 0 spiro atoms. The summed E-state index contributed by atoms with van der Waals surface area (Å²) >= 11 is 1.56. The number of benzene rings is 2. The number of aryl methyl sites for hydroxylation is 2. The molecule has 34 heavy (non-hydrogen) atoms. The van der Waals surface area contributed by atoms with Crippen molar-refractivity contribution in [3.05, 3.63) is 76.1 Å². The van der Waals surface area contributed by atoms with Crippen LogP contribution in [0.2, 0.25) is 0 Å². The number of H-pyrrole nitrogens is 1. The molecule has 4 rings (SSSR count). The Morgan fingerprint density at radius 2 is 1.88 bits per heavy atom. The van der Waals surface area contributed by atoms with E-state index in [0.717, 1.165) is 16.9 Å². The van der Waals surface area contributed by atoms with Gasteiger partial charge in [0.05, 0.1) is 0 Å². The van der Waals surface area contributed by atoms with Gasteiger partial charge < -0.3 is 19.6 Å². The molecule has 2 aromatic heterocycles. The van der Waals surface area contributed by atoms with E-state index in [4.69, 9.17) is 4.74 Å². The molecule has 0 unspecified atom stereocenters. The number of amides is 1. The van der Waals surface area contributed by atoms with Crippen LogP contribution in [0.1, 0.15) is 29.9 Å². The van der Waals surface area contributed by atoms with E-state index in [1.54, 1.807) is 43.2 Å². The Labute approximate surface area is 201 Å². The van der Waals surface area contributed by atoms with Crippen LogP contribution >= 0.6 is 11.8 Å². The van der Waals surface area contributed by atoms with E-state index >= 15 is 0 Å². The quantitative estimate of drug-likeness (QED) is 0.343. The number of nitrogens with one attached hydrogen (secondary N) is 2. The first-order chi connectivity index (χ1) is 16.4. The maximum atomic E-state index is 14.7. The van der Waals surface area contributed by atoms with Gasteiger partial charge in [0.1, 0.15) is 17.0 Å². The van der Waals surface area contributed by atoms with Crippen LogP contribution in [0.5, 0.6) is 11.5 Å². The molecule has 1 amide bonds. The molecule has 176 valence electrons. The fourth-order valence-corrected chi connectivity index (χ4v) is 4.27. The lowest BCUT2D eigenvalue weighted by Gasteiger charge is -2.15. The van der Waals surface area contributed by atoms with Crippen LogP contribution in [0, 0.1) is 5.82 Å². The summed E-state index contributed by atoms with van der Waals surface area (Å²) in [6.45, 7) is 4.26. The first-order valence-electron chi connectivity index (χ1n) is 11.0. The van der Waals surface area contributed by atoms with Crippen molar-refractivity contribution in [3.8, 4) is 22.6 Å². The van der Waals surface area contributed by atoms with Gasteiger partial charge in [-0.3, -0.25) is 9.59 Å². The molecule has 8 heteroatoms. The monoisotopic (exact) mass is 479 g/mol. The van der Waals surface area contributed by atoms with Crippen LogP contribution in [-0.2, 0) is 13.5 Å². The van der Waals surface area contributed by atoms with Gasteiger partial charge in [0, 0.05) is 41.2 Å². The second-order valence-electron chi connectivity index (χ2n) is 7.87. The van der Waals surface area contributed by atoms with E-state index in [2.05, 4.69) is 10.3 Å². The van der Waals surface area contributed by atoms with E-state index in [1.165, 1.54) is 10.6 Å². The molecule has 6 nitrogen and oxygen atoms in total. The Kier molecular flexibility index (Phi) is 6.79. The molecule has 0 aliphatic heterocycles. The second-order valence-corrected chi connectivity index (χ2v) is 8.75. The fraction of sp³-hybridized carbons (Fsp3) is 0.231. The number of aromatic amines is 1. The maximum Gasteiger partial charge on any atom is 0.274 e. The minimum atomic E-state index is -0.440. The summed E-state index contributed by atoms with van der Waals surface area (Å²) in [6, 6.07) is 12.2. The summed E-state index contributed by atoms with van der Waals surface area (Å²) < 4.78 is 22.2. The number of nitrogens with zero attached hydrogens (tertiary/aromatic N) is 1. The van der Waals surface area contributed by atoms with Gasteiger partial charge in [-0.05, 0) is 61.6 Å². The molecular formula is C26H26FN3O3S. The van der Waals surface area contributed by atoms with Crippen LogP contribution in [0.4, 0.5) is 4.39 Å². The highest BCUT2D eigenvalue weighted by atomic mass is 32.2. The number of aromatic nitrogens is 2. The lowest BCUT2D eigenvalue weighted by molar-refractivity contribution is 0.0951. The number of thioether (sulfide) groups is 1. The van der Waals surface area contributed by atoms with E-state index in [9.17, 15) is 14.0 Å². The average molecular weight is 480 g/mol. The molecular weight excluding hydrogens is 453 g/mol. The normalized spacial score (nSPS) is 11.1. The van der Waals surface area contributed by atoms with Crippen molar-refractivity contribution in [1.82, 2.24) is 14.9 Å². The predicted molar refractivity (Wildman–Crippen MR) is 135 cm³/mol. The summed E-state index contributed by atoms with van der Waals surface area (Å²) in [4.78, 5) is 29.2. The molecule has 0 aliphatic rings. The Morgan fingerprint density at radius 3 is 2.56 bits per heavy atom. The van der Waals surface area contributed by atoms with E-state index in [-0.39, 0.29) is 17.2 Å². The summed E-state index contributed by atoms with van der Waals surface area (Å²) in [5.74, 6) is -0.167. The van der Waals surface area contributed by atoms with Crippen LogP contribution in [0.25, 0.3) is 22.0 Å². The molecule has 0 saturated heterocycles. The zero-order valence-corrected chi connectivity index (χ0v) is 20.3. The van der Waals surface area contributed by atoms with E-state index < -0.39 is 5.82 Å². The molecule has 2 heterocycles. The summed E-state index contributed by atoms with van der Waals surface area (Å²) in [5, 5.41) is 3.34. The first kappa shape index (κ1) is 23.6. The van der Waals surface area contributed by atoms with Crippen molar-refractivity contribution in [3.63, 3.8) is 0 Å². The number of fused-ring (bicyclic) bond motifs is 1. The Balaban J connectivity index is 1.91. The lowest BCUT2D eigenvalue weighted by Crippen LogP contribution is -2.23. The van der Waals surface area contributed by atoms with Crippen molar-refractivity contribution >= 4 is 28.6 Å². The molecule has 0 fully saturated rings. The van der Waals surface area contributed by atoms with Crippen LogP contribution < -0.4 is 15.6 Å². The zero-order chi connectivity index (χ0) is 24.4. The Morgan fingerprint density at radius 1 is 1.12 bits per heavy atom. The molecule has 0 bridgehead atoms. The highest BCUT2D eigenvalue weighted by molar-refractivity contribution is 7.98. The van der Waals surface area contributed by atoms with Crippen molar-refractivity contribution < 1.29 is 13.9 Å². The summed E-state index contributed by atoms with van der Waals surface area (Å²) in [5.41, 5.74) is 2.63. The third-order valence-electron chi connectivity index (χ3n) is 5.65. The van der Waals surface area contributed by atoms with Crippen molar-refractivity contribution in [2.75, 3.05) is 12.8 Å². The molecule has 0 saturated carbocycles. The molecule has 0 radical (unpaired) electrons. The van der Waals surface area contributed by atoms with Gasteiger partial charge >= 0.3 is 0 Å². The number of hydrogen-bond acceptors (Lipinski definition) is 4. The summed E-state index contributed by atoms with van der Waals surface area (Å²) in [7, 11) is 1.65. The topological polar surface area (TPSA) is 76.1 Å². The molecule has 2 aromatic carbocycles. The summed E-state index contributed by atoms with van der Waals surface area (Å²) in [6.07, 6.45) is 4.40. The number of carbonyl (C=O) groups is 1. The third kappa shape index (κ3) is 4.46. The van der Waals surface area contributed by atoms with E-state index in [0.29, 0.717) is 40.0 Å². The molecule has 0 aliphatic carbocycles. The minimum absolute atomic E-state index is 0.119. The molecule has 0 atom stereocenters. The van der Waals surface area contributed by atoms with Crippen molar-refractivity contribution in [2.45, 2.75) is 25.2 Å². The third-order valence-corrected chi connectivity index (χ3v) is 6.37. The van der Waals surface area contributed by atoms with Gasteiger partial charge in [0.15, 0.2) is 11.6 Å². The van der Waals surface area contributed by atoms with Crippen LogP contribution in [0.3, 0.4) is 0 Å². The predicted octanol–water partition coefficient (Wildman–Crippen LogP) is 5.50.